The van der Waals surface area contributed by atoms with Gasteiger partial charge in [-0.3, -0.25) is 0 Å². The minimum atomic E-state index is -0.167. The highest BCUT2D eigenvalue weighted by atomic mass is 79.9. The Morgan fingerprint density at radius 2 is 2.13 bits per heavy atom. The zero-order valence-electron chi connectivity index (χ0n) is 9.22. The van der Waals surface area contributed by atoms with Crippen LogP contribution < -0.4 is 5.32 Å². The summed E-state index contributed by atoms with van der Waals surface area (Å²) in [6.07, 6.45) is 0. The van der Waals surface area contributed by atoms with E-state index in [-0.39, 0.29) is 11.9 Å². The molecular formula is C11H16BrFN2. The summed E-state index contributed by atoms with van der Waals surface area (Å²) >= 11 is 3.35. The molecular weight excluding hydrogens is 259 g/mol. The molecule has 0 heterocycles. The van der Waals surface area contributed by atoms with Gasteiger partial charge in [0.25, 0.3) is 0 Å². The number of halogens is 2. The molecule has 1 N–H and O–H groups in total. The van der Waals surface area contributed by atoms with Crippen LogP contribution in [0.15, 0.2) is 22.7 Å². The molecule has 0 aliphatic carbocycles. The Bertz CT molecular complexity index is 328. The van der Waals surface area contributed by atoms with Crippen molar-refractivity contribution >= 4 is 15.9 Å². The van der Waals surface area contributed by atoms with Crippen LogP contribution in [0.4, 0.5) is 4.39 Å². The Hall–Kier alpha value is -0.450. The van der Waals surface area contributed by atoms with E-state index in [0.29, 0.717) is 5.56 Å². The van der Waals surface area contributed by atoms with Crippen molar-refractivity contribution < 1.29 is 4.39 Å². The van der Waals surface area contributed by atoms with Gasteiger partial charge >= 0.3 is 0 Å². The number of hydrogen-bond acceptors (Lipinski definition) is 2. The molecule has 0 bridgehead atoms. The predicted molar refractivity (Wildman–Crippen MR) is 64.5 cm³/mol. The van der Waals surface area contributed by atoms with Crippen molar-refractivity contribution in [3.05, 3.63) is 34.1 Å². The van der Waals surface area contributed by atoms with Gasteiger partial charge in [-0.1, -0.05) is 15.9 Å². The van der Waals surface area contributed by atoms with E-state index in [1.807, 2.05) is 32.1 Å². The standard InChI is InChI=1S/C11H16BrFN2/c1-14-11(7-15(2)3)9-6-8(12)4-5-10(9)13/h4-6,11,14H,7H2,1-3H3. The minimum Gasteiger partial charge on any atom is -0.312 e. The van der Waals surface area contributed by atoms with E-state index in [9.17, 15) is 4.39 Å². The highest BCUT2D eigenvalue weighted by molar-refractivity contribution is 9.10. The van der Waals surface area contributed by atoms with Crippen LogP contribution in [-0.4, -0.2) is 32.6 Å². The Labute approximate surface area is 98.6 Å². The first-order valence-corrected chi connectivity index (χ1v) is 5.61. The maximum atomic E-state index is 13.6. The maximum Gasteiger partial charge on any atom is 0.128 e. The molecule has 0 fully saturated rings. The Morgan fingerprint density at radius 3 is 2.67 bits per heavy atom. The van der Waals surface area contributed by atoms with E-state index >= 15 is 0 Å². The van der Waals surface area contributed by atoms with Crippen LogP contribution in [-0.2, 0) is 0 Å². The second kappa shape index (κ2) is 5.58. The fourth-order valence-corrected chi connectivity index (χ4v) is 1.87. The third-order valence-corrected chi connectivity index (χ3v) is 2.72. The maximum absolute atomic E-state index is 13.6. The molecule has 0 aliphatic heterocycles. The summed E-state index contributed by atoms with van der Waals surface area (Å²) in [5.74, 6) is -0.167. The lowest BCUT2D eigenvalue weighted by molar-refractivity contribution is 0.347. The molecule has 0 aromatic heterocycles. The molecule has 1 rings (SSSR count). The first-order valence-electron chi connectivity index (χ1n) is 4.81. The average molecular weight is 275 g/mol. The normalized spacial score (nSPS) is 13.2. The van der Waals surface area contributed by atoms with Gasteiger partial charge in [0.2, 0.25) is 0 Å². The van der Waals surface area contributed by atoms with Crippen molar-refractivity contribution in [3.8, 4) is 0 Å². The molecule has 0 saturated heterocycles. The molecule has 0 amide bonds. The van der Waals surface area contributed by atoms with Gasteiger partial charge < -0.3 is 10.2 Å². The number of nitrogens with one attached hydrogen (secondary N) is 1. The molecule has 1 atom stereocenters. The lowest BCUT2D eigenvalue weighted by Gasteiger charge is -2.21. The van der Waals surface area contributed by atoms with Gasteiger partial charge in [-0.2, -0.15) is 0 Å². The van der Waals surface area contributed by atoms with E-state index in [0.717, 1.165) is 11.0 Å². The molecule has 1 aromatic rings. The first kappa shape index (κ1) is 12.6. The van der Waals surface area contributed by atoms with Crippen LogP contribution in [0.2, 0.25) is 0 Å². The average Bonchev–Trinajstić information content (AvgIpc) is 2.18. The summed E-state index contributed by atoms with van der Waals surface area (Å²) in [7, 11) is 5.79. The summed E-state index contributed by atoms with van der Waals surface area (Å²) in [6, 6.07) is 5.03. The second-order valence-electron chi connectivity index (χ2n) is 3.77. The lowest BCUT2D eigenvalue weighted by atomic mass is 10.1. The van der Waals surface area contributed by atoms with Gasteiger partial charge in [0.15, 0.2) is 0 Å². The second-order valence-corrected chi connectivity index (χ2v) is 4.69. The van der Waals surface area contributed by atoms with Crippen LogP contribution >= 0.6 is 15.9 Å². The molecule has 15 heavy (non-hydrogen) atoms. The predicted octanol–water partition coefficient (Wildman–Crippen LogP) is 2.41. The highest BCUT2D eigenvalue weighted by Gasteiger charge is 2.14. The smallest absolute Gasteiger partial charge is 0.128 e. The van der Waals surface area contributed by atoms with Crippen LogP contribution in [0.3, 0.4) is 0 Å². The molecule has 84 valence electrons. The molecule has 1 aromatic carbocycles. The molecule has 0 saturated carbocycles. The molecule has 0 radical (unpaired) electrons. The van der Waals surface area contributed by atoms with Crippen LogP contribution in [0.25, 0.3) is 0 Å². The van der Waals surface area contributed by atoms with Gasteiger partial charge in [-0.25, -0.2) is 4.39 Å². The Balaban J connectivity index is 2.95. The summed E-state index contributed by atoms with van der Waals surface area (Å²) in [4.78, 5) is 2.03. The monoisotopic (exact) mass is 274 g/mol. The van der Waals surface area contributed by atoms with Crippen molar-refractivity contribution in [2.24, 2.45) is 0 Å². The van der Waals surface area contributed by atoms with E-state index in [1.165, 1.54) is 6.07 Å². The lowest BCUT2D eigenvalue weighted by Crippen LogP contribution is -2.29. The van der Waals surface area contributed by atoms with E-state index in [1.54, 1.807) is 6.07 Å². The summed E-state index contributed by atoms with van der Waals surface area (Å²) in [5.41, 5.74) is 0.695. The van der Waals surface area contributed by atoms with Crippen molar-refractivity contribution in [2.45, 2.75) is 6.04 Å². The fraction of sp³-hybridized carbons (Fsp3) is 0.455. The first-order chi connectivity index (χ1) is 7.04. The number of likely N-dealkylation sites (N-methyl/N-ethyl adjacent to an activating group) is 2. The third-order valence-electron chi connectivity index (χ3n) is 2.23. The molecule has 2 nitrogen and oxygen atoms in total. The topological polar surface area (TPSA) is 15.3 Å². The molecule has 0 spiro atoms. The van der Waals surface area contributed by atoms with Gasteiger partial charge in [-0.15, -0.1) is 0 Å². The van der Waals surface area contributed by atoms with Gasteiger partial charge in [0.05, 0.1) is 0 Å². The summed E-state index contributed by atoms with van der Waals surface area (Å²) < 4.78 is 14.5. The Kier molecular flexibility index (Phi) is 4.70. The number of rotatable bonds is 4. The third kappa shape index (κ3) is 3.55. The van der Waals surface area contributed by atoms with E-state index in [4.69, 9.17) is 0 Å². The quantitative estimate of drug-likeness (QED) is 0.907. The number of nitrogens with zero attached hydrogens (tertiary/aromatic N) is 1. The summed E-state index contributed by atoms with van der Waals surface area (Å²) in [5, 5.41) is 3.12. The van der Waals surface area contributed by atoms with Gasteiger partial charge in [0.1, 0.15) is 5.82 Å². The fourth-order valence-electron chi connectivity index (χ4n) is 1.49. The van der Waals surface area contributed by atoms with E-state index < -0.39 is 0 Å². The molecule has 0 aliphatic rings. The zero-order valence-corrected chi connectivity index (χ0v) is 10.8. The highest BCUT2D eigenvalue weighted by Crippen LogP contribution is 2.21. The van der Waals surface area contributed by atoms with Gasteiger partial charge in [0, 0.05) is 22.6 Å². The van der Waals surface area contributed by atoms with Gasteiger partial charge in [-0.05, 0) is 39.3 Å². The minimum absolute atomic E-state index is 0.0116. The van der Waals surface area contributed by atoms with Crippen LogP contribution in [0, 0.1) is 5.82 Å². The number of benzene rings is 1. The number of hydrogen-bond donors (Lipinski definition) is 1. The summed E-state index contributed by atoms with van der Waals surface area (Å²) in [6.45, 7) is 0.768. The SMILES string of the molecule is CNC(CN(C)C)c1cc(Br)ccc1F. The largest absolute Gasteiger partial charge is 0.312 e. The van der Waals surface area contributed by atoms with Crippen LogP contribution in [0.1, 0.15) is 11.6 Å². The zero-order chi connectivity index (χ0) is 11.4. The van der Waals surface area contributed by atoms with Crippen molar-refractivity contribution in [1.82, 2.24) is 10.2 Å². The van der Waals surface area contributed by atoms with Crippen molar-refractivity contribution in [2.75, 3.05) is 27.7 Å². The van der Waals surface area contributed by atoms with Crippen molar-refractivity contribution in [3.63, 3.8) is 0 Å². The van der Waals surface area contributed by atoms with Crippen molar-refractivity contribution in [1.29, 1.82) is 0 Å². The molecule has 4 heteroatoms. The Morgan fingerprint density at radius 1 is 1.47 bits per heavy atom. The van der Waals surface area contributed by atoms with E-state index in [2.05, 4.69) is 21.2 Å². The van der Waals surface area contributed by atoms with Crippen LogP contribution in [0.5, 0.6) is 0 Å². The molecule has 1 unspecified atom stereocenters.